The third-order valence-corrected chi connectivity index (χ3v) is 14.0. The molecule has 5 heteroatoms. The molecule has 57 heavy (non-hydrogen) atoms. The number of hydrogen-bond acceptors (Lipinski definition) is 4. The van der Waals surface area contributed by atoms with Gasteiger partial charge in [-0.1, -0.05) is 152 Å². The molecule has 0 saturated carbocycles. The third-order valence-electron chi connectivity index (χ3n) is 11.6. The Morgan fingerprint density at radius 2 is 1.09 bits per heavy atom. The van der Waals surface area contributed by atoms with Crippen LogP contribution in [-0.4, -0.2) is 14.5 Å². The van der Waals surface area contributed by atoms with Crippen molar-refractivity contribution in [2.45, 2.75) is 12.5 Å². The van der Waals surface area contributed by atoms with Crippen LogP contribution in [0.3, 0.4) is 0 Å². The highest BCUT2D eigenvalue weighted by Gasteiger charge is 2.29. The van der Waals surface area contributed by atoms with Crippen molar-refractivity contribution in [3.63, 3.8) is 0 Å². The van der Waals surface area contributed by atoms with Gasteiger partial charge in [0.15, 0.2) is 5.82 Å². The van der Waals surface area contributed by atoms with Gasteiger partial charge in [-0.05, 0) is 53.3 Å². The number of fused-ring (bicyclic) bond motifs is 9. The number of rotatable bonds is 5. The highest BCUT2D eigenvalue weighted by molar-refractivity contribution is 7.26. The molecule has 0 spiro atoms. The molecule has 11 aromatic rings. The fourth-order valence-corrected chi connectivity index (χ4v) is 11.5. The number of nitrogens with zero attached hydrogens (tertiary/aromatic N) is 3. The number of aromatic nitrogens is 3. The summed E-state index contributed by atoms with van der Waals surface area (Å²) in [6, 6.07) is 63.4. The maximum absolute atomic E-state index is 5.23. The Morgan fingerprint density at radius 3 is 1.84 bits per heavy atom. The molecule has 0 fully saturated rings. The van der Waals surface area contributed by atoms with E-state index in [2.05, 4.69) is 174 Å². The molecule has 268 valence electrons. The molecule has 0 saturated heterocycles. The summed E-state index contributed by atoms with van der Waals surface area (Å²) in [6.07, 6.45) is 3.47. The van der Waals surface area contributed by atoms with Crippen molar-refractivity contribution in [3.05, 3.63) is 198 Å². The van der Waals surface area contributed by atoms with Crippen molar-refractivity contribution in [3.8, 4) is 33.9 Å². The van der Waals surface area contributed by atoms with Gasteiger partial charge in [-0.15, -0.1) is 22.7 Å². The maximum Gasteiger partial charge on any atom is 0.160 e. The van der Waals surface area contributed by atoms with Crippen molar-refractivity contribution < 1.29 is 0 Å². The SMILES string of the molecule is C1=C(c2cccc3c2sc2ccccc23)c2sc3ccccc3c2CC1n1c2ccccc2c2ccc(-c3nc(-c4ccccc4)cc(-c4ccccc4)n3)cc21. The Balaban J connectivity index is 1.10. The monoisotopic (exact) mass is 763 g/mol. The summed E-state index contributed by atoms with van der Waals surface area (Å²) in [5.41, 5.74) is 11.5. The molecule has 0 radical (unpaired) electrons. The third kappa shape index (κ3) is 5.23. The van der Waals surface area contributed by atoms with E-state index >= 15 is 0 Å². The number of thiophene rings is 2. The molecule has 3 nitrogen and oxygen atoms in total. The number of para-hydroxylation sites is 1. The molecular weight excluding hydrogens is 731 g/mol. The van der Waals surface area contributed by atoms with E-state index in [1.165, 1.54) is 73.6 Å². The van der Waals surface area contributed by atoms with Crippen LogP contribution in [0.5, 0.6) is 0 Å². The van der Waals surface area contributed by atoms with Gasteiger partial charge in [-0.3, -0.25) is 0 Å². The van der Waals surface area contributed by atoms with Crippen LogP contribution in [0.2, 0.25) is 0 Å². The summed E-state index contributed by atoms with van der Waals surface area (Å²) in [6.45, 7) is 0. The summed E-state index contributed by atoms with van der Waals surface area (Å²) in [5, 5.41) is 6.50. The number of hydrogen-bond donors (Lipinski definition) is 0. The first kappa shape index (κ1) is 32.6. The van der Waals surface area contributed by atoms with Gasteiger partial charge in [0.2, 0.25) is 0 Å². The molecule has 4 heterocycles. The van der Waals surface area contributed by atoms with Gasteiger partial charge in [0.05, 0.1) is 22.9 Å². The molecule has 1 atom stereocenters. The predicted molar refractivity (Wildman–Crippen MR) is 242 cm³/mol. The lowest BCUT2D eigenvalue weighted by molar-refractivity contribution is 0.637. The first-order valence-electron chi connectivity index (χ1n) is 19.4. The van der Waals surface area contributed by atoms with E-state index in [1.54, 1.807) is 0 Å². The second-order valence-electron chi connectivity index (χ2n) is 14.9. The van der Waals surface area contributed by atoms with Crippen molar-refractivity contribution in [2.24, 2.45) is 0 Å². The first-order valence-corrected chi connectivity index (χ1v) is 21.0. The topological polar surface area (TPSA) is 30.7 Å². The molecule has 12 rings (SSSR count). The minimum atomic E-state index is 0.0734. The van der Waals surface area contributed by atoms with Crippen LogP contribution < -0.4 is 0 Å². The van der Waals surface area contributed by atoms with Crippen molar-refractivity contribution in [2.75, 3.05) is 0 Å². The largest absolute Gasteiger partial charge is 0.333 e. The molecular formula is C52H33N3S2. The number of benzene rings is 7. The maximum atomic E-state index is 5.23. The lowest BCUT2D eigenvalue weighted by atomic mass is 9.88. The Hall–Kier alpha value is -6.66. The lowest BCUT2D eigenvalue weighted by Gasteiger charge is -2.26. The van der Waals surface area contributed by atoms with Crippen molar-refractivity contribution >= 4 is 80.3 Å². The molecule has 1 aliphatic rings. The average molecular weight is 764 g/mol. The van der Waals surface area contributed by atoms with E-state index in [0.29, 0.717) is 0 Å². The zero-order valence-electron chi connectivity index (χ0n) is 30.8. The smallest absolute Gasteiger partial charge is 0.160 e. The molecule has 4 aromatic heterocycles. The molecule has 1 aliphatic carbocycles. The fourth-order valence-electron chi connectivity index (χ4n) is 8.98. The van der Waals surface area contributed by atoms with Crippen molar-refractivity contribution in [1.82, 2.24) is 14.5 Å². The van der Waals surface area contributed by atoms with E-state index < -0.39 is 0 Å². The minimum Gasteiger partial charge on any atom is -0.333 e. The zero-order chi connectivity index (χ0) is 37.5. The van der Waals surface area contributed by atoms with Crippen LogP contribution >= 0.6 is 22.7 Å². The van der Waals surface area contributed by atoms with Crippen LogP contribution in [0.25, 0.3) is 91.5 Å². The van der Waals surface area contributed by atoms with Gasteiger partial charge in [0.1, 0.15) is 0 Å². The Labute approximate surface area is 337 Å². The van der Waals surface area contributed by atoms with E-state index in [9.17, 15) is 0 Å². The number of allylic oxidation sites excluding steroid dienone is 1. The minimum absolute atomic E-state index is 0.0734. The average Bonchev–Trinajstić information content (AvgIpc) is 3.96. The molecule has 0 N–H and O–H groups in total. The van der Waals surface area contributed by atoms with Gasteiger partial charge in [0.25, 0.3) is 0 Å². The van der Waals surface area contributed by atoms with Crippen LogP contribution in [0.15, 0.2) is 182 Å². The lowest BCUT2D eigenvalue weighted by Crippen LogP contribution is -2.14. The summed E-state index contributed by atoms with van der Waals surface area (Å²) >= 11 is 3.84. The summed E-state index contributed by atoms with van der Waals surface area (Å²) in [7, 11) is 0. The van der Waals surface area contributed by atoms with Crippen molar-refractivity contribution in [1.29, 1.82) is 0 Å². The summed E-state index contributed by atoms with van der Waals surface area (Å²) in [5.74, 6) is 0.719. The standard InChI is InChI=1S/C52H33N3S2/c1-3-14-32(15-4-1)44-31-45(33-16-5-2-6-17-33)54-52(53-44)34-26-27-37-36-18-7-10-23-46(36)55(47(37)28-34)35-29-42-39-20-9-12-25-49(39)57-51(42)43(30-35)41-22-13-21-40-38-19-8-11-24-48(38)56-50(40)41/h1-28,30-31,35H,29H2. The van der Waals surface area contributed by atoms with Gasteiger partial charge >= 0.3 is 0 Å². The molecule has 1 unspecified atom stereocenters. The summed E-state index contributed by atoms with van der Waals surface area (Å²) < 4.78 is 6.61. The predicted octanol–water partition coefficient (Wildman–Crippen LogP) is 14.4. The second kappa shape index (κ2) is 13.0. The van der Waals surface area contributed by atoms with Crippen LogP contribution in [0.4, 0.5) is 0 Å². The van der Waals surface area contributed by atoms with Gasteiger partial charge in [0, 0.05) is 68.3 Å². The molecule has 0 bridgehead atoms. The van der Waals surface area contributed by atoms with Crippen LogP contribution in [-0.2, 0) is 6.42 Å². The highest BCUT2D eigenvalue weighted by Crippen LogP contribution is 2.49. The summed E-state index contributed by atoms with van der Waals surface area (Å²) in [4.78, 5) is 11.8. The van der Waals surface area contributed by atoms with Crippen LogP contribution in [0.1, 0.15) is 22.0 Å². The van der Waals surface area contributed by atoms with E-state index in [0.717, 1.165) is 40.3 Å². The fraction of sp³-hybridized carbons (Fsp3) is 0.0385. The van der Waals surface area contributed by atoms with E-state index in [-0.39, 0.29) is 6.04 Å². The highest BCUT2D eigenvalue weighted by atomic mass is 32.1. The molecule has 0 aliphatic heterocycles. The van der Waals surface area contributed by atoms with E-state index in [4.69, 9.17) is 9.97 Å². The Bertz CT molecular complexity index is 3330. The first-order chi connectivity index (χ1) is 28.2. The Morgan fingerprint density at radius 1 is 0.474 bits per heavy atom. The zero-order valence-corrected chi connectivity index (χ0v) is 32.4. The molecule has 7 aromatic carbocycles. The van der Waals surface area contributed by atoms with Crippen LogP contribution in [0, 0.1) is 0 Å². The normalized spacial score (nSPS) is 14.2. The van der Waals surface area contributed by atoms with E-state index in [1.807, 2.05) is 34.8 Å². The van der Waals surface area contributed by atoms with Gasteiger partial charge < -0.3 is 4.57 Å². The van der Waals surface area contributed by atoms with Gasteiger partial charge in [-0.2, -0.15) is 0 Å². The second-order valence-corrected chi connectivity index (χ2v) is 17.0. The van der Waals surface area contributed by atoms with Gasteiger partial charge in [-0.25, -0.2) is 9.97 Å². The quantitative estimate of drug-likeness (QED) is 0.175. The molecule has 0 amide bonds. The Kier molecular flexibility index (Phi) is 7.40.